The fraction of sp³-hybridized carbons (Fsp3) is 0.415. The summed E-state index contributed by atoms with van der Waals surface area (Å²) in [6.07, 6.45) is 15.0. The third-order valence-corrected chi connectivity index (χ3v) is 5.88. The maximum absolute atomic E-state index is 12.2. The monoisotopic (exact) mass is 615 g/mol. The van der Waals surface area contributed by atoms with Crippen LogP contribution in [0.25, 0.3) is 5.76 Å². The molecular formula is C41H61NO3. The number of benzene rings is 3. The standard InChI is InChI=1S/C23H27NO3.C6H6.2C4H10.C2H6.C2H2/c1-4-9-22(26)24-20-14-12-19(13-15-20)23(17(3)21(25)5-2)27-16-18-10-7-6-8-11-18;1-2-4-6-5-3-1;2*1-3-4-2;2*1-2/h6-8,10-15H,4-5,9,16H2,1-3H3,(H,24,26);1-6H;2*3-4H2,1-2H3;1-2H3;1-2H/b23-17+;;;;;. The number of nitrogens with one attached hydrogen (secondary N) is 1. The minimum atomic E-state index is -0.00122. The number of unbranched alkanes of at least 4 members (excludes halogenated alkanes) is 2. The highest BCUT2D eigenvalue weighted by molar-refractivity contribution is 6.00. The molecule has 3 aromatic carbocycles. The van der Waals surface area contributed by atoms with Gasteiger partial charge >= 0.3 is 0 Å². The molecule has 1 N–H and O–H groups in total. The van der Waals surface area contributed by atoms with Gasteiger partial charge in [-0.1, -0.05) is 148 Å². The molecule has 0 radical (unpaired) electrons. The zero-order valence-electron chi connectivity index (χ0n) is 29.7. The molecule has 0 aliphatic heterocycles. The van der Waals surface area contributed by atoms with E-state index in [9.17, 15) is 9.59 Å². The lowest BCUT2D eigenvalue weighted by molar-refractivity contribution is -0.116. The lowest BCUT2D eigenvalue weighted by Crippen LogP contribution is -2.10. The fourth-order valence-corrected chi connectivity index (χ4v) is 3.07. The van der Waals surface area contributed by atoms with Crippen LogP contribution in [0.5, 0.6) is 0 Å². The smallest absolute Gasteiger partial charge is 0.224 e. The Labute approximate surface area is 276 Å². The molecule has 0 aliphatic rings. The summed E-state index contributed by atoms with van der Waals surface area (Å²) in [5, 5.41) is 2.87. The van der Waals surface area contributed by atoms with Crippen LogP contribution in [0.3, 0.4) is 0 Å². The number of anilines is 1. The van der Waals surface area contributed by atoms with Crippen LogP contribution in [-0.2, 0) is 20.9 Å². The summed E-state index contributed by atoms with van der Waals surface area (Å²) in [6.45, 7) is 18.7. The van der Waals surface area contributed by atoms with Crippen molar-refractivity contribution >= 4 is 23.1 Å². The Bertz CT molecular complexity index is 1080. The van der Waals surface area contributed by atoms with Gasteiger partial charge in [-0.25, -0.2) is 0 Å². The number of rotatable bonds is 11. The molecule has 0 atom stereocenters. The molecule has 0 unspecified atom stereocenters. The van der Waals surface area contributed by atoms with Crippen LogP contribution in [0.15, 0.2) is 96.6 Å². The second kappa shape index (κ2) is 34.4. The third-order valence-electron chi connectivity index (χ3n) is 5.88. The molecule has 0 bridgehead atoms. The predicted molar refractivity (Wildman–Crippen MR) is 198 cm³/mol. The van der Waals surface area contributed by atoms with E-state index in [1.807, 2.05) is 119 Å². The normalized spacial score (nSPS) is 9.49. The Hall–Kier alpha value is -4.10. The Balaban J connectivity index is -0.000000799. The van der Waals surface area contributed by atoms with E-state index < -0.39 is 0 Å². The van der Waals surface area contributed by atoms with E-state index >= 15 is 0 Å². The van der Waals surface area contributed by atoms with E-state index in [1.165, 1.54) is 25.7 Å². The van der Waals surface area contributed by atoms with Crippen LogP contribution in [0, 0.1) is 12.8 Å². The van der Waals surface area contributed by atoms with Gasteiger partial charge in [-0.3, -0.25) is 9.59 Å². The average molecular weight is 616 g/mol. The van der Waals surface area contributed by atoms with Gasteiger partial charge in [-0.15, -0.1) is 12.8 Å². The maximum Gasteiger partial charge on any atom is 0.224 e. The summed E-state index contributed by atoms with van der Waals surface area (Å²) in [6, 6.07) is 29.2. The second-order valence-electron chi connectivity index (χ2n) is 9.54. The van der Waals surface area contributed by atoms with Gasteiger partial charge < -0.3 is 10.1 Å². The molecule has 0 fully saturated rings. The van der Waals surface area contributed by atoms with Gasteiger partial charge in [0.15, 0.2) is 5.78 Å². The van der Waals surface area contributed by atoms with Gasteiger partial charge in [0, 0.05) is 29.7 Å². The highest BCUT2D eigenvalue weighted by Gasteiger charge is 2.14. The quantitative estimate of drug-likeness (QED) is 0.133. The zero-order valence-corrected chi connectivity index (χ0v) is 29.7. The Morgan fingerprint density at radius 3 is 1.44 bits per heavy atom. The molecule has 248 valence electrons. The van der Waals surface area contributed by atoms with Gasteiger partial charge in [-0.2, -0.15) is 0 Å². The first-order valence-electron chi connectivity index (χ1n) is 16.5. The number of allylic oxidation sites excluding steroid dienone is 1. The molecule has 4 nitrogen and oxygen atoms in total. The van der Waals surface area contributed by atoms with Crippen molar-refractivity contribution < 1.29 is 14.3 Å². The number of ether oxygens (including phenoxy) is 1. The summed E-state index contributed by atoms with van der Waals surface area (Å²) < 4.78 is 6.03. The van der Waals surface area contributed by atoms with Crippen molar-refractivity contribution in [1.82, 2.24) is 0 Å². The molecule has 0 saturated carbocycles. The van der Waals surface area contributed by atoms with E-state index in [1.54, 1.807) is 6.92 Å². The van der Waals surface area contributed by atoms with Crippen LogP contribution in [0.4, 0.5) is 5.69 Å². The molecule has 0 spiro atoms. The molecule has 0 aliphatic carbocycles. The van der Waals surface area contributed by atoms with Gasteiger partial charge in [0.05, 0.1) is 0 Å². The third kappa shape index (κ3) is 25.0. The van der Waals surface area contributed by atoms with Gasteiger partial charge in [0.1, 0.15) is 12.4 Å². The van der Waals surface area contributed by atoms with E-state index in [4.69, 9.17) is 4.74 Å². The van der Waals surface area contributed by atoms with Crippen molar-refractivity contribution in [2.75, 3.05) is 5.32 Å². The van der Waals surface area contributed by atoms with Crippen molar-refractivity contribution in [2.24, 2.45) is 0 Å². The molecule has 1 amide bonds. The van der Waals surface area contributed by atoms with Crippen LogP contribution < -0.4 is 5.32 Å². The highest BCUT2D eigenvalue weighted by atomic mass is 16.5. The molecule has 3 rings (SSSR count). The Morgan fingerprint density at radius 1 is 0.644 bits per heavy atom. The van der Waals surface area contributed by atoms with E-state index in [0.29, 0.717) is 30.8 Å². The van der Waals surface area contributed by atoms with E-state index in [0.717, 1.165) is 23.2 Å². The van der Waals surface area contributed by atoms with Gasteiger partial charge in [0.25, 0.3) is 0 Å². The lowest BCUT2D eigenvalue weighted by atomic mass is 10.0. The summed E-state index contributed by atoms with van der Waals surface area (Å²) in [5.74, 6) is 0.634. The first-order chi connectivity index (χ1) is 21.9. The summed E-state index contributed by atoms with van der Waals surface area (Å²) >= 11 is 0. The second-order valence-corrected chi connectivity index (χ2v) is 9.54. The lowest BCUT2D eigenvalue weighted by Gasteiger charge is -2.15. The van der Waals surface area contributed by atoms with Crippen LogP contribution >= 0.6 is 0 Å². The number of terminal acetylenes is 1. The zero-order chi connectivity index (χ0) is 34.7. The highest BCUT2D eigenvalue weighted by Crippen LogP contribution is 2.25. The number of ketones is 1. The van der Waals surface area contributed by atoms with Gasteiger partial charge in [0.2, 0.25) is 5.91 Å². The molecule has 45 heavy (non-hydrogen) atoms. The number of hydrogen-bond donors (Lipinski definition) is 1. The summed E-state index contributed by atoms with van der Waals surface area (Å²) in [4.78, 5) is 24.0. The molecule has 0 aromatic heterocycles. The predicted octanol–water partition coefficient (Wildman–Crippen LogP) is 11.9. The number of carbonyl (C=O) groups excluding carboxylic acids is 2. The van der Waals surface area contributed by atoms with Crippen molar-refractivity contribution in [3.05, 3.63) is 108 Å². The SMILES string of the molecule is C#C.CC.CCCC.CCCC.CCCC(=O)Nc1ccc(/C(OCc2ccccc2)=C(/C)C(=O)CC)cc1.c1ccccc1. The molecule has 0 saturated heterocycles. The number of amides is 1. The maximum atomic E-state index is 12.2. The molecule has 3 aromatic rings. The van der Waals surface area contributed by atoms with Crippen molar-refractivity contribution in [3.63, 3.8) is 0 Å². The number of carbonyl (C=O) groups is 2. The Kier molecular flexibility index (Phi) is 34.6. The summed E-state index contributed by atoms with van der Waals surface area (Å²) in [5.41, 5.74) is 3.20. The van der Waals surface area contributed by atoms with Crippen molar-refractivity contribution in [2.45, 2.75) is 114 Å². The van der Waals surface area contributed by atoms with E-state index in [2.05, 4.69) is 45.9 Å². The van der Waals surface area contributed by atoms with Crippen molar-refractivity contribution in [1.29, 1.82) is 0 Å². The summed E-state index contributed by atoms with van der Waals surface area (Å²) in [7, 11) is 0. The minimum absolute atomic E-state index is 0.00122. The van der Waals surface area contributed by atoms with Gasteiger partial charge in [-0.05, 0) is 43.2 Å². The largest absolute Gasteiger partial charge is 0.488 e. The van der Waals surface area contributed by atoms with Crippen LogP contribution in [-0.4, -0.2) is 11.7 Å². The number of hydrogen-bond acceptors (Lipinski definition) is 3. The average Bonchev–Trinajstić information content (AvgIpc) is 3.12. The van der Waals surface area contributed by atoms with E-state index in [-0.39, 0.29) is 11.7 Å². The first-order valence-corrected chi connectivity index (χ1v) is 16.5. The first kappa shape index (κ1) is 45.3. The molecule has 0 heterocycles. The van der Waals surface area contributed by atoms with Crippen molar-refractivity contribution in [3.8, 4) is 12.8 Å². The Morgan fingerprint density at radius 2 is 1.07 bits per heavy atom. The molecule has 4 heteroatoms. The minimum Gasteiger partial charge on any atom is -0.488 e. The fourth-order valence-electron chi connectivity index (χ4n) is 3.07. The van der Waals surface area contributed by atoms with Crippen LogP contribution in [0.2, 0.25) is 0 Å². The van der Waals surface area contributed by atoms with Crippen LogP contribution in [0.1, 0.15) is 118 Å². The molecular weight excluding hydrogens is 554 g/mol. The topological polar surface area (TPSA) is 55.4 Å². The number of Topliss-reactive ketones (excluding diaryl/α,β-unsaturated/α-hetero) is 1.